The maximum Gasteiger partial charge on any atom is 0.242 e. The fourth-order valence-corrected chi connectivity index (χ4v) is 4.47. The first-order valence-corrected chi connectivity index (χ1v) is 9.13. The van der Waals surface area contributed by atoms with E-state index in [4.69, 9.17) is 23.2 Å². The van der Waals surface area contributed by atoms with Crippen LogP contribution in [0, 0.1) is 5.41 Å². The highest BCUT2D eigenvalue weighted by atomic mass is 35.5. The van der Waals surface area contributed by atoms with Gasteiger partial charge in [-0.15, -0.1) is 0 Å². The van der Waals surface area contributed by atoms with E-state index in [1.807, 2.05) is 0 Å². The first kappa shape index (κ1) is 17.0. The highest BCUT2D eigenvalue weighted by molar-refractivity contribution is 7.89. The van der Waals surface area contributed by atoms with Crippen molar-refractivity contribution in [1.82, 2.24) is 10.0 Å². The molecular weight excluding hydrogens is 331 g/mol. The van der Waals surface area contributed by atoms with Crippen molar-refractivity contribution in [3.05, 3.63) is 27.7 Å². The maximum atomic E-state index is 12.4. The maximum absolute atomic E-state index is 12.4. The number of benzene rings is 1. The fourth-order valence-electron chi connectivity index (χ4n) is 2.41. The van der Waals surface area contributed by atoms with E-state index in [9.17, 15) is 8.42 Å². The Morgan fingerprint density at radius 3 is 2.43 bits per heavy atom. The number of hydrogen-bond donors (Lipinski definition) is 2. The molecule has 0 unspecified atom stereocenters. The second-order valence-corrected chi connectivity index (χ2v) is 8.44. The quantitative estimate of drug-likeness (QED) is 0.828. The van der Waals surface area contributed by atoms with Gasteiger partial charge < -0.3 is 5.32 Å². The summed E-state index contributed by atoms with van der Waals surface area (Å²) in [5.41, 5.74) is 0.776. The molecule has 1 aliphatic rings. The van der Waals surface area contributed by atoms with Crippen LogP contribution in [0.3, 0.4) is 0 Å². The lowest BCUT2D eigenvalue weighted by molar-refractivity contribution is 0.166. The number of hydrogen-bond acceptors (Lipinski definition) is 3. The lowest BCUT2D eigenvalue weighted by atomic mass is 9.71. The number of halogens is 2. The van der Waals surface area contributed by atoms with Crippen molar-refractivity contribution < 1.29 is 8.42 Å². The molecule has 2 rings (SSSR count). The average molecular weight is 351 g/mol. The van der Waals surface area contributed by atoms with Crippen LogP contribution in [0.15, 0.2) is 17.0 Å². The molecule has 2 N–H and O–H groups in total. The van der Waals surface area contributed by atoms with E-state index < -0.39 is 10.0 Å². The number of sulfonamides is 1. The molecule has 7 heteroatoms. The molecule has 1 aliphatic carbocycles. The van der Waals surface area contributed by atoms with E-state index in [-0.39, 0.29) is 15.3 Å². The molecule has 0 atom stereocenters. The van der Waals surface area contributed by atoms with E-state index in [1.54, 1.807) is 7.05 Å². The molecule has 0 spiro atoms. The molecule has 118 valence electrons. The zero-order valence-corrected chi connectivity index (χ0v) is 14.5. The van der Waals surface area contributed by atoms with Gasteiger partial charge in [0.25, 0.3) is 0 Å². The van der Waals surface area contributed by atoms with Gasteiger partial charge in [0, 0.05) is 18.1 Å². The summed E-state index contributed by atoms with van der Waals surface area (Å²) >= 11 is 12.1. The Labute approximate surface area is 136 Å². The Morgan fingerprint density at radius 2 is 1.90 bits per heavy atom. The molecular formula is C14H20Cl2N2O2S. The molecule has 4 nitrogen and oxygen atoms in total. The summed E-state index contributed by atoms with van der Waals surface area (Å²) in [6.07, 6.45) is 3.26. The van der Waals surface area contributed by atoms with Crippen molar-refractivity contribution in [2.45, 2.75) is 37.6 Å². The predicted octanol–water partition coefficient (Wildman–Crippen LogP) is 3.18. The van der Waals surface area contributed by atoms with Crippen LogP contribution >= 0.6 is 23.2 Å². The summed E-state index contributed by atoms with van der Waals surface area (Å²) in [7, 11) is -1.85. The van der Waals surface area contributed by atoms with Crippen molar-refractivity contribution in [1.29, 1.82) is 0 Å². The predicted molar refractivity (Wildman–Crippen MR) is 86.4 cm³/mol. The molecule has 1 aromatic carbocycles. The Balaban J connectivity index is 2.24. The normalized spacial score (nSPS) is 17.5. The van der Waals surface area contributed by atoms with Gasteiger partial charge in [0.1, 0.15) is 4.90 Å². The first-order chi connectivity index (χ1) is 9.77. The van der Waals surface area contributed by atoms with Crippen LogP contribution in [0.5, 0.6) is 0 Å². The van der Waals surface area contributed by atoms with Gasteiger partial charge in [-0.25, -0.2) is 13.1 Å². The molecule has 1 aromatic rings. The molecule has 0 saturated heterocycles. The Bertz CT molecular complexity index is 628. The van der Waals surface area contributed by atoms with E-state index >= 15 is 0 Å². The highest BCUT2D eigenvalue weighted by Crippen LogP contribution is 2.40. The van der Waals surface area contributed by atoms with Gasteiger partial charge in [0.05, 0.1) is 5.02 Å². The van der Waals surface area contributed by atoms with Gasteiger partial charge in [0.2, 0.25) is 10.0 Å². The number of rotatable bonds is 6. The summed E-state index contributed by atoms with van der Waals surface area (Å²) in [4.78, 5) is 0.0849. The highest BCUT2D eigenvalue weighted by Gasteiger charge is 2.33. The molecule has 0 aliphatic heterocycles. The van der Waals surface area contributed by atoms with Crippen LogP contribution in [-0.4, -0.2) is 22.0 Å². The second kappa shape index (κ2) is 6.42. The zero-order valence-electron chi connectivity index (χ0n) is 12.2. The molecule has 0 bridgehead atoms. The van der Waals surface area contributed by atoms with E-state index in [0.29, 0.717) is 23.7 Å². The molecule has 1 fully saturated rings. The van der Waals surface area contributed by atoms with Crippen LogP contribution in [0.2, 0.25) is 10.0 Å². The first-order valence-electron chi connectivity index (χ1n) is 6.90. The van der Waals surface area contributed by atoms with Crippen molar-refractivity contribution in [3.8, 4) is 0 Å². The third kappa shape index (κ3) is 3.90. The molecule has 0 amide bonds. The van der Waals surface area contributed by atoms with Gasteiger partial charge in [-0.3, -0.25) is 0 Å². The minimum atomic E-state index is -3.63. The van der Waals surface area contributed by atoms with Crippen molar-refractivity contribution in [2.24, 2.45) is 5.41 Å². The van der Waals surface area contributed by atoms with Crippen molar-refractivity contribution >= 4 is 33.2 Å². The smallest absolute Gasteiger partial charge is 0.242 e. The Kier molecular flexibility index (Phi) is 5.21. The van der Waals surface area contributed by atoms with Crippen LogP contribution in [0.25, 0.3) is 0 Å². The van der Waals surface area contributed by atoms with Gasteiger partial charge in [-0.2, -0.15) is 0 Å². The fraction of sp³-hybridized carbons (Fsp3) is 0.571. The molecule has 21 heavy (non-hydrogen) atoms. The number of nitrogens with one attached hydrogen (secondary N) is 2. The van der Waals surface area contributed by atoms with Crippen LogP contribution in [-0.2, 0) is 16.6 Å². The summed E-state index contributed by atoms with van der Waals surface area (Å²) in [6, 6.07) is 3.02. The standard InChI is InChI=1S/C14H20Cl2N2O2S/c1-14(4-3-5-14)9-18-21(19,20)13-6-10(8-17-2)11(15)7-12(13)16/h6-7,17-18H,3-5,8-9H2,1-2H3. The van der Waals surface area contributed by atoms with Gasteiger partial charge in [-0.1, -0.05) is 36.5 Å². The second-order valence-electron chi connectivity index (χ2n) is 5.89. The van der Waals surface area contributed by atoms with Crippen molar-refractivity contribution in [2.75, 3.05) is 13.6 Å². The summed E-state index contributed by atoms with van der Waals surface area (Å²) < 4.78 is 27.6. The molecule has 1 saturated carbocycles. The van der Waals surface area contributed by atoms with Crippen LogP contribution in [0.4, 0.5) is 0 Å². The van der Waals surface area contributed by atoms with Gasteiger partial charge in [-0.05, 0) is 43.0 Å². The zero-order chi connectivity index (χ0) is 15.7. The third-order valence-electron chi connectivity index (χ3n) is 4.01. The summed E-state index contributed by atoms with van der Waals surface area (Å²) in [5.74, 6) is 0. The third-order valence-corrected chi connectivity index (χ3v) is 6.23. The van der Waals surface area contributed by atoms with E-state index in [2.05, 4.69) is 17.0 Å². The molecule has 0 heterocycles. The minimum absolute atomic E-state index is 0.0692. The average Bonchev–Trinajstić information content (AvgIpc) is 2.37. The lowest BCUT2D eigenvalue weighted by Crippen LogP contribution is -2.40. The van der Waals surface area contributed by atoms with Crippen LogP contribution in [0.1, 0.15) is 31.7 Å². The Morgan fingerprint density at radius 1 is 1.24 bits per heavy atom. The summed E-state index contributed by atoms with van der Waals surface area (Å²) in [6.45, 7) is 3.01. The minimum Gasteiger partial charge on any atom is -0.316 e. The van der Waals surface area contributed by atoms with E-state index in [1.165, 1.54) is 12.1 Å². The molecule has 0 radical (unpaired) electrons. The topological polar surface area (TPSA) is 58.2 Å². The van der Waals surface area contributed by atoms with Crippen LogP contribution < -0.4 is 10.0 Å². The monoisotopic (exact) mass is 350 g/mol. The van der Waals surface area contributed by atoms with Gasteiger partial charge in [0.15, 0.2) is 0 Å². The lowest BCUT2D eigenvalue weighted by Gasteiger charge is -2.38. The SMILES string of the molecule is CNCc1cc(S(=O)(=O)NCC2(C)CCC2)c(Cl)cc1Cl. The van der Waals surface area contributed by atoms with E-state index in [0.717, 1.165) is 19.3 Å². The van der Waals surface area contributed by atoms with Gasteiger partial charge >= 0.3 is 0 Å². The summed E-state index contributed by atoms with van der Waals surface area (Å²) in [5, 5.41) is 3.56. The Hall–Kier alpha value is -0.330. The largest absolute Gasteiger partial charge is 0.316 e. The van der Waals surface area contributed by atoms with Crippen molar-refractivity contribution in [3.63, 3.8) is 0 Å². The molecule has 0 aromatic heterocycles.